The molecule has 2 rings (SSSR count). The summed E-state index contributed by atoms with van der Waals surface area (Å²) in [5.74, 6) is -0.709. The second kappa shape index (κ2) is 8.27. The summed E-state index contributed by atoms with van der Waals surface area (Å²) in [6.45, 7) is 6.40. The van der Waals surface area contributed by atoms with Crippen molar-refractivity contribution >= 4 is 29.0 Å². The minimum Gasteiger partial charge on any atom is -0.496 e. The molecule has 6 nitrogen and oxygen atoms in total. The molecule has 1 aromatic carbocycles. The third-order valence-corrected chi connectivity index (χ3v) is 4.52. The first-order valence-electron chi connectivity index (χ1n) is 8.30. The van der Waals surface area contributed by atoms with E-state index in [1.807, 2.05) is 19.9 Å². The van der Waals surface area contributed by atoms with Crippen LogP contribution in [0.4, 0.5) is 5.69 Å². The van der Waals surface area contributed by atoms with Gasteiger partial charge in [-0.25, -0.2) is 4.79 Å². The molecule has 1 heterocycles. The maximum absolute atomic E-state index is 12.5. The van der Waals surface area contributed by atoms with Crippen molar-refractivity contribution in [2.75, 3.05) is 19.5 Å². The Morgan fingerprint density at radius 3 is 2.50 bits per heavy atom. The number of Topliss-reactive ketones (excluding diaryl/α,β-unsaturated/α-hetero) is 1. The highest BCUT2D eigenvalue weighted by atomic mass is 35.5. The number of nitrogen functional groups attached to an aromatic ring is 1. The Labute approximate surface area is 157 Å². The molecule has 0 radical (unpaired) electrons. The Bertz CT molecular complexity index is 843. The van der Waals surface area contributed by atoms with Crippen molar-refractivity contribution in [1.29, 1.82) is 0 Å². The molecule has 26 heavy (non-hydrogen) atoms. The molecular weight excluding hydrogens is 356 g/mol. The fourth-order valence-corrected chi connectivity index (χ4v) is 3.00. The van der Waals surface area contributed by atoms with E-state index in [0.717, 1.165) is 24.4 Å². The number of ether oxygens (including phenoxy) is 2. The van der Waals surface area contributed by atoms with E-state index in [0.29, 0.717) is 11.3 Å². The number of hydrogen-bond donors (Lipinski definition) is 1. The van der Waals surface area contributed by atoms with Gasteiger partial charge in [0.1, 0.15) is 11.3 Å². The summed E-state index contributed by atoms with van der Waals surface area (Å²) >= 11 is 5.96. The van der Waals surface area contributed by atoms with Crippen molar-refractivity contribution in [2.45, 2.75) is 33.7 Å². The summed E-state index contributed by atoms with van der Waals surface area (Å²) in [5, 5.41) is 0.215. The van der Waals surface area contributed by atoms with Crippen LogP contribution in [0.2, 0.25) is 5.02 Å². The van der Waals surface area contributed by atoms with Gasteiger partial charge in [0.25, 0.3) is 0 Å². The number of hydrogen-bond acceptors (Lipinski definition) is 5. The standard InChI is InChI=1S/C19H23ClN2O4/c1-5-6-22-11(2)7-13(12(22)3)17(23)10-26-19(24)14-8-15(20)16(21)9-18(14)25-4/h7-9H,5-6,10,21H2,1-4H3. The lowest BCUT2D eigenvalue weighted by atomic mass is 10.1. The number of rotatable bonds is 7. The van der Waals surface area contributed by atoms with Crippen LogP contribution in [0.25, 0.3) is 0 Å². The Kier molecular flexibility index (Phi) is 6.32. The molecule has 0 spiro atoms. The van der Waals surface area contributed by atoms with Crippen LogP contribution in [0.5, 0.6) is 5.75 Å². The quantitative estimate of drug-likeness (QED) is 0.450. The lowest BCUT2D eigenvalue weighted by molar-refractivity contribution is 0.0471. The molecule has 0 saturated carbocycles. The minimum absolute atomic E-state index is 0.121. The topological polar surface area (TPSA) is 83.5 Å². The molecule has 0 unspecified atom stereocenters. The molecule has 0 saturated heterocycles. The first-order valence-corrected chi connectivity index (χ1v) is 8.68. The molecule has 7 heteroatoms. The number of esters is 1. The fourth-order valence-electron chi connectivity index (χ4n) is 2.84. The molecule has 0 atom stereocenters. The molecule has 0 aliphatic heterocycles. The van der Waals surface area contributed by atoms with Crippen LogP contribution < -0.4 is 10.5 Å². The number of halogens is 1. The number of anilines is 1. The zero-order valence-electron chi connectivity index (χ0n) is 15.4. The second-order valence-corrected chi connectivity index (χ2v) is 6.42. The Hall–Kier alpha value is -2.47. The highest BCUT2D eigenvalue weighted by molar-refractivity contribution is 6.33. The van der Waals surface area contributed by atoms with Gasteiger partial charge in [-0.2, -0.15) is 0 Å². The van der Waals surface area contributed by atoms with Crippen molar-refractivity contribution in [3.63, 3.8) is 0 Å². The predicted octanol–water partition coefficient (Wildman–Crippen LogP) is 3.80. The second-order valence-electron chi connectivity index (χ2n) is 6.01. The van der Waals surface area contributed by atoms with E-state index in [9.17, 15) is 9.59 Å². The largest absolute Gasteiger partial charge is 0.496 e. The summed E-state index contributed by atoms with van der Waals surface area (Å²) in [4.78, 5) is 24.8. The summed E-state index contributed by atoms with van der Waals surface area (Å²) in [6.07, 6.45) is 0.969. The summed E-state index contributed by atoms with van der Waals surface area (Å²) in [6, 6.07) is 4.64. The zero-order chi connectivity index (χ0) is 19.4. The van der Waals surface area contributed by atoms with Gasteiger partial charge in [0.15, 0.2) is 6.61 Å². The molecule has 0 aliphatic rings. The summed E-state index contributed by atoms with van der Waals surface area (Å²) in [5.41, 5.74) is 8.55. The van der Waals surface area contributed by atoms with E-state index in [2.05, 4.69) is 11.5 Å². The van der Waals surface area contributed by atoms with Gasteiger partial charge in [0, 0.05) is 29.6 Å². The van der Waals surface area contributed by atoms with Crippen LogP contribution in [-0.2, 0) is 11.3 Å². The van der Waals surface area contributed by atoms with E-state index in [1.54, 1.807) is 0 Å². The van der Waals surface area contributed by atoms with Crippen LogP contribution in [0, 0.1) is 13.8 Å². The molecule has 0 fully saturated rings. The minimum atomic E-state index is -0.695. The van der Waals surface area contributed by atoms with E-state index < -0.39 is 5.97 Å². The Morgan fingerprint density at radius 2 is 1.88 bits per heavy atom. The average molecular weight is 379 g/mol. The molecule has 0 aliphatic carbocycles. The number of carbonyl (C=O) groups is 2. The predicted molar refractivity (Wildman–Crippen MR) is 101 cm³/mol. The van der Waals surface area contributed by atoms with Crippen molar-refractivity contribution < 1.29 is 19.1 Å². The maximum Gasteiger partial charge on any atom is 0.342 e. The Morgan fingerprint density at radius 1 is 1.19 bits per heavy atom. The molecule has 1 aromatic heterocycles. The number of aryl methyl sites for hydroxylation is 1. The van der Waals surface area contributed by atoms with E-state index >= 15 is 0 Å². The van der Waals surface area contributed by atoms with Gasteiger partial charge in [-0.05, 0) is 32.4 Å². The van der Waals surface area contributed by atoms with E-state index in [1.165, 1.54) is 19.2 Å². The van der Waals surface area contributed by atoms with Gasteiger partial charge in [-0.1, -0.05) is 18.5 Å². The maximum atomic E-state index is 12.5. The fraction of sp³-hybridized carbons (Fsp3) is 0.368. The highest BCUT2D eigenvalue weighted by Crippen LogP contribution is 2.29. The van der Waals surface area contributed by atoms with Crippen LogP contribution in [0.1, 0.15) is 45.4 Å². The number of methoxy groups -OCH3 is 1. The van der Waals surface area contributed by atoms with Gasteiger partial charge in [-0.3, -0.25) is 4.79 Å². The van der Waals surface area contributed by atoms with Gasteiger partial charge >= 0.3 is 5.97 Å². The number of benzene rings is 1. The molecule has 0 bridgehead atoms. The SMILES string of the molecule is CCCn1c(C)cc(C(=O)COC(=O)c2cc(Cl)c(N)cc2OC)c1C. The van der Waals surface area contributed by atoms with Crippen molar-refractivity contribution in [2.24, 2.45) is 0 Å². The van der Waals surface area contributed by atoms with Gasteiger partial charge in [0.2, 0.25) is 5.78 Å². The van der Waals surface area contributed by atoms with Gasteiger partial charge in [0.05, 0.1) is 17.8 Å². The molecule has 0 amide bonds. The lowest BCUT2D eigenvalue weighted by Gasteiger charge is -2.11. The van der Waals surface area contributed by atoms with E-state index in [4.69, 9.17) is 26.8 Å². The number of nitrogens with two attached hydrogens (primary N) is 1. The number of ketones is 1. The summed E-state index contributed by atoms with van der Waals surface area (Å²) in [7, 11) is 1.41. The summed E-state index contributed by atoms with van der Waals surface area (Å²) < 4.78 is 12.4. The van der Waals surface area contributed by atoms with Crippen molar-refractivity contribution in [3.8, 4) is 5.75 Å². The molecule has 140 valence electrons. The number of nitrogens with zero attached hydrogens (tertiary/aromatic N) is 1. The molecular formula is C19H23ClN2O4. The first-order chi connectivity index (χ1) is 12.3. The van der Waals surface area contributed by atoms with Gasteiger partial charge in [-0.15, -0.1) is 0 Å². The van der Waals surface area contributed by atoms with E-state index in [-0.39, 0.29) is 28.7 Å². The van der Waals surface area contributed by atoms with Crippen molar-refractivity contribution in [1.82, 2.24) is 4.57 Å². The third-order valence-electron chi connectivity index (χ3n) is 4.19. The molecule has 2 N–H and O–H groups in total. The first kappa shape index (κ1) is 19.8. The Balaban J connectivity index is 2.14. The number of carbonyl (C=O) groups excluding carboxylic acids is 2. The monoisotopic (exact) mass is 378 g/mol. The van der Waals surface area contributed by atoms with Crippen LogP contribution >= 0.6 is 11.6 Å². The van der Waals surface area contributed by atoms with Crippen LogP contribution in [0.15, 0.2) is 18.2 Å². The third kappa shape index (κ3) is 4.02. The molecule has 2 aromatic rings. The number of aromatic nitrogens is 1. The van der Waals surface area contributed by atoms with Crippen LogP contribution in [-0.4, -0.2) is 30.0 Å². The normalized spacial score (nSPS) is 10.7. The smallest absolute Gasteiger partial charge is 0.342 e. The van der Waals surface area contributed by atoms with Crippen molar-refractivity contribution in [3.05, 3.63) is 45.7 Å². The lowest BCUT2D eigenvalue weighted by Crippen LogP contribution is -2.16. The average Bonchev–Trinajstić information content (AvgIpc) is 2.89. The highest BCUT2D eigenvalue weighted by Gasteiger charge is 2.20. The van der Waals surface area contributed by atoms with Gasteiger partial charge < -0.3 is 19.8 Å². The van der Waals surface area contributed by atoms with Crippen LogP contribution in [0.3, 0.4) is 0 Å². The zero-order valence-corrected chi connectivity index (χ0v) is 16.1.